The molecule has 0 bridgehead atoms. The van der Waals surface area contributed by atoms with Crippen LogP contribution >= 0.6 is 0 Å². The number of carbonyl (C=O) groups excluding carboxylic acids is 1. The monoisotopic (exact) mass is 310 g/mol. The van der Waals surface area contributed by atoms with Crippen LogP contribution < -0.4 is 10.5 Å². The first-order chi connectivity index (χ1) is 11.1. The number of carbonyl (C=O) groups is 1. The molecule has 2 N–H and O–H groups in total. The first-order valence-electron chi connectivity index (χ1n) is 7.93. The molecule has 1 saturated heterocycles. The van der Waals surface area contributed by atoms with Crippen LogP contribution in [0.3, 0.4) is 0 Å². The standard InChI is InChI=1S/C19H22N2O2/c1-19(13-20)11-12-21(14-19)18(22)16-9-5-6-10-17(16)23-15-7-3-2-4-8-15/h2-10H,11-14,20H2,1H3. The lowest BCUT2D eigenvalue weighted by Gasteiger charge is -2.23. The second-order valence-corrected chi connectivity index (χ2v) is 6.40. The summed E-state index contributed by atoms with van der Waals surface area (Å²) >= 11 is 0. The van der Waals surface area contributed by atoms with E-state index in [1.807, 2.05) is 59.5 Å². The SMILES string of the molecule is CC1(CN)CCN(C(=O)c2ccccc2Oc2ccccc2)C1. The van der Waals surface area contributed by atoms with Gasteiger partial charge in [-0.25, -0.2) is 0 Å². The molecule has 0 aromatic heterocycles. The van der Waals surface area contributed by atoms with Gasteiger partial charge in [-0.3, -0.25) is 4.79 Å². The predicted molar refractivity (Wildman–Crippen MR) is 90.6 cm³/mol. The quantitative estimate of drug-likeness (QED) is 0.943. The first-order valence-corrected chi connectivity index (χ1v) is 7.93. The van der Waals surface area contributed by atoms with Gasteiger partial charge in [0.15, 0.2) is 0 Å². The van der Waals surface area contributed by atoms with Crippen LogP contribution in [0.15, 0.2) is 54.6 Å². The van der Waals surface area contributed by atoms with Gasteiger partial charge in [-0.15, -0.1) is 0 Å². The molecule has 2 aromatic rings. The number of nitrogens with two attached hydrogens (primary N) is 1. The Kier molecular flexibility index (Phi) is 4.35. The third-order valence-corrected chi connectivity index (χ3v) is 4.43. The van der Waals surface area contributed by atoms with Gasteiger partial charge >= 0.3 is 0 Å². The maximum absolute atomic E-state index is 12.9. The van der Waals surface area contributed by atoms with Gasteiger partial charge in [0, 0.05) is 13.1 Å². The Bertz CT molecular complexity index is 687. The molecule has 0 saturated carbocycles. The van der Waals surface area contributed by atoms with Gasteiger partial charge in [-0.2, -0.15) is 0 Å². The third kappa shape index (κ3) is 3.37. The summed E-state index contributed by atoms with van der Waals surface area (Å²) in [5.74, 6) is 1.32. The molecule has 23 heavy (non-hydrogen) atoms. The minimum atomic E-state index is 0.00806. The average molecular weight is 310 g/mol. The highest BCUT2D eigenvalue weighted by molar-refractivity contribution is 5.97. The van der Waals surface area contributed by atoms with Crippen molar-refractivity contribution in [1.29, 1.82) is 0 Å². The Hall–Kier alpha value is -2.33. The van der Waals surface area contributed by atoms with Crippen molar-refractivity contribution < 1.29 is 9.53 Å². The van der Waals surface area contributed by atoms with Crippen molar-refractivity contribution in [3.63, 3.8) is 0 Å². The van der Waals surface area contributed by atoms with Gasteiger partial charge in [-0.05, 0) is 42.6 Å². The molecule has 1 heterocycles. The fraction of sp³-hybridized carbons (Fsp3) is 0.316. The van der Waals surface area contributed by atoms with Crippen LogP contribution in [0.1, 0.15) is 23.7 Å². The number of amides is 1. The number of likely N-dealkylation sites (tertiary alicyclic amines) is 1. The molecule has 2 aromatic carbocycles. The smallest absolute Gasteiger partial charge is 0.257 e. The van der Waals surface area contributed by atoms with Crippen LogP contribution in [0.25, 0.3) is 0 Å². The molecule has 4 heteroatoms. The summed E-state index contributed by atoms with van der Waals surface area (Å²) in [6.45, 7) is 4.17. The zero-order chi connectivity index (χ0) is 16.3. The fourth-order valence-electron chi connectivity index (χ4n) is 2.88. The Morgan fingerprint density at radius 2 is 1.87 bits per heavy atom. The van der Waals surface area contributed by atoms with Crippen molar-refractivity contribution in [3.05, 3.63) is 60.2 Å². The lowest BCUT2D eigenvalue weighted by Crippen LogP contribution is -2.34. The van der Waals surface area contributed by atoms with Gasteiger partial charge < -0.3 is 15.4 Å². The van der Waals surface area contributed by atoms with Crippen molar-refractivity contribution in [3.8, 4) is 11.5 Å². The van der Waals surface area contributed by atoms with Crippen molar-refractivity contribution in [2.24, 2.45) is 11.1 Å². The molecule has 1 atom stereocenters. The Balaban J connectivity index is 1.82. The molecule has 0 aliphatic carbocycles. The molecular weight excluding hydrogens is 288 g/mol. The van der Waals surface area contributed by atoms with Crippen molar-refractivity contribution in [2.45, 2.75) is 13.3 Å². The summed E-state index contributed by atoms with van der Waals surface area (Å²) in [4.78, 5) is 14.7. The molecular formula is C19H22N2O2. The van der Waals surface area contributed by atoms with Crippen molar-refractivity contribution >= 4 is 5.91 Å². The third-order valence-electron chi connectivity index (χ3n) is 4.43. The van der Waals surface area contributed by atoms with Crippen LogP contribution in [0.2, 0.25) is 0 Å². The molecule has 0 radical (unpaired) electrons. The molecule has 1 aliphatic heterocycles. The summed E-state index contributed by atoms with van der Waals surface area (Å²) < 4.78 is 5.90. The molecule has 1 unspecified atom stereocenters. The van der Waals surface area contributed by atoms with Crippen LogP contribution in [0, 0.1) is 5.41 Å². The maximum atomic E-state index is 12.9. The maximum Gasteiger partial charge on any atom is 0.257 e. The fourth-order valence-corrected chi connectivity index (χ4v) is 2.88. The second-order valence-electron chi connectivity index (χ2n) is 6.40. The Morgan fingerprint density at radius 3 is 2.57 bits per heavy atom. The predicted octanol–water partition coefficient (Wildman–Crippen LogP) is 3.29. The van der Waals surface area contributed by atoms with Crippen LogP contribution in [-0.2, 0) is 0 Å². The van der Waals surface area contributed by atoms with E-state index >= 15 is 0 Å². The van der Waals surface area contributed by atoms with Crippen LogP contribution in [0.4, 0.5) is 0 Å². The lowest BCUT2D eigenvalue weighted by molar-refractivity contribution is 0.0774. The van der Waals surface area contributed by atoms with E-state index in [4.69, 9.17) is 10.5 Å². The van der Waals surface area contributed by atoms with E-state index in [9.17, 15) is 4.79 Å². The summed E-state index contributed by atoms with van der Waals surface area (Å²) in [6.07, 6.45) is 0.941. The molecule has 1 aliphatic rings. The number of benzene rings is 2. The number of hydrogen-bond acceptors (Lipinski definition) is 3. The van der Waals surface area contributed by atoms with Crippen molar-refractivity contribution in [2.75, 3.05) is 19.6 Å². The average Bonchev–Trinajstić information content (AvgIpc) is 2.99. The minimum Gasteiger partial charge on any atom is -0.457 e. The van der Waals surface area contributed by atoms with E-state index in [-0.39, 0.29) is 11.3 Å². The van der Waals surface area contributed by atoms with E-state index in [0.29, 0.717) is 24.4 Å². The summed E-state index contributed by atoms with van der Waals surface area (Å²) in [5, 5.41) is 0. The summed E-state index contributed by atoms with van der Waals surface area (Å²) in [7, 11) is 0. The molecule has 4 nitrogen and oxygen atoms in total. The lowest BCUT2D eigenvalue weighted by atomic mass is 9.90. The summed E-state index contributed by atoms with van der Waals surface area (Å²) in [6, 6.07) is 16.9. The van der Waals surface area contributed by atoms with Gasteiger partial charge in [0.1, 0.15) is 11.5 Å². The van der Waals surface area contributed by atoms with Gasteiger partial charge in [0.25, 0.3) is 5.91 Å². The van der Waals surface area contributed by atoms with E-state index in [2.05, 4.69) is 6.92 Å². The molecule has 3 rings (SSSR count). The molecule has 1 fully saturated rings. The van der Waals surface area contributed by atoms with Crippen LogP contribution in [0.5, 0.6) is 11.5 Å². The van der Waals surface area contributed by atoms with Gasteiger partial charge in [-0.1, -0.05) is 37.3 Å². The van der Waals surface area contributed by atoms with E-state index < -0.39 is 0 Å². The number of hydrogen-bond donors (Lipinski definition) is 1. The van der Waals surface area contributed by atoms with Crippen LogP contribution in [-0.4, -0.2) is 30.4 Å². The van der Waals surface area contributed by atoms with E-state index in [1.54, 1.807) is 0 Å². The van der Waals surface area contributed by atoms with Gasteiger partial charge in [0.2, 0.25) is 0 Å². The zero-order valence-electron chi connectivity index (χ0n) is 13.4. The molecule has 120 valence electrons. The van der Waals surface area contributed by atoms with Gasteiger partial charge in [0.05, 0.1) is 5.56 Å². The highest BCUT2D eigenvalue weighted by atomic mass is 16.5. The molecule has 0 spiro atoms. The number of nitrogens with zero attached hydrogens (tertiary/aromatic N) is 1. The topological polar surface area (TPSA) is 55.6 Å². The summed E-state index contributed by atoms with van der Waals surface area (Å²) in [5.41, 5.74) is 6.45. The Morgan fingerprint density at radius 1 is 1.17 bits per heavy atom. The van der Waals surface area contributed by atoms with Crippen molar-refractivity contribution in [1.82, 2.24) is 4.90 Å². The Labute approximate surface area is 136 Å². The number of ether oxygens (including phenoxy) is 1. The number of para-hydroxylation sites is 2. The zero-order valence-corrected chi connectivity index (χ0v) is 13.4. The minimum absolute atomic E-state index is 0.00806. The normalized spacial score (nSPS) is 20.5. The second kappa shape index (κ2) is 6.42. The molecule has 1 amide bonds. The highest BCUT2D eigenvalue weighted by Gasteiger charge is 2.35. The largest absolute Gasteiger partial charge is 0.457 e. The highest BCUT2D eigenvalue weighted by Crippen LogP contribution is 2.32. The van der Waals surface area contributed by atoms with E-state index in [1.165, 1.54) is 0 Å². The van der Waals surface area contributed by atoms with E-state index in [0.717, 1.165) is 18.7 Å². The number of rotatable bonds is 4. The first kappa shape index (κ1) is 15.6.